The maximum atomic E-state index is 5.73. The molecule has 1 fully saturated rings. The van der Waals surface area contributed by atoms with Gasteiger partial charge in [0.2, 0.25) is 0 Å². The number of nitrogens with zero attached hydrogens (tertiary/aromatic N) is 1. The van der Waals surface area contributed by atoms with E-state index in [1.165, 1.54) is 51.6 Å². The molecule has 2 nitrogen and oxygen atoms in total. The molecule has 0 saturated carbocycles. The van der Waals surface area contributed by atoms with Gasteiger partial charge in [0.15, 0.2) is 0 Å². The zero-order valence-corrected chi connectivity index (χ0v) is 9.84. The first-order valence-corrected chi connectivity index (χ1v) is 6.23. The molecule has 2 heteroatoms. The van der Waals surface area contributed by atoms with Gasteiger partial charge in [0, 0.05) is 12.1 Å². The lowest BCUT2D eigenvalue weighted by molar-refractivity contribution is 0.242. The van der Waals surface area contributed by atoms with E-state index < -0.39 is 0 Å². The molecule has 0 aromatic rings. The second-order valence-electron chi connectivity index (χ2n) is 4.71. The van der Waals surface area contributed by atoms with Gasteiger partial charge in [-0.3, -0.25) is 0 Å². The first-order valence-electron chi connectivity index (χ1n) is 6.23. The quantitative estimate of drug-likeness (QED) is 0.664. The van der Waals surface area contributed by atoms with Crippen LogP contribution in [0.1, 0.15) is 52.4 Å². The fraction of sp³-hybridized carbons (Fsp3) is 1.00. The lowest BCUT2D eigenvalue weighted by Crippen LogP contribution is -2.29. The predicted octanol–water partition coefficient (Wildman–Crippen LogP) is 2.38. The minimum absolute atomic E-state index is 0.385. The molecule has 0 aromatic carbocycles. The largest absolute Gasteiger partial charge is 0.328 e. The Labute approximate surface area is 88.8 Å². The first kappa shape index (κ1) is 12.0. The molecule has 0 bridgehead atoms. The van der Waals surface area contributed by atoms with E-state index in [4.69, 9.17) is 5.73 Å². The van der Waals surface area contributed by atoms with Gasteiger partial charge >= 0.3 is 0 Å². The molecule has 0 aliphatic carbocycles. The van der Waals surface area contributed by atoms with E-state index in [1.54, 1.807) is 0 Å². The summed E-state index contributed by atoms with van der Waals surface area (Å²) < 4.78 is 0. The van der Waals surface area contributed by atoms with Crippen molar-refractivity contribution < 1.29 is 0 Å². The minimum atomic E-state index is 0.385. The fourth-order valence-corrected chi connectivity index (χ4v) is 2.43. The molecule has 0 amide bonds. The third kappa shape index (κ3) is 3.97. The lowest BCUT2D eigenvalue weighted by atomic mass is 10.1. The van der Waals surface area contributed by atoms with Crippen LogP contribution in [0.25, 0.3) is 0 Å². The molecular weight excluding hydrogens is 172 g/mol. The normalized spacial score (nSPS) is 25.5. The van der Waals surface area contributed by atoms with E-state index >= 15 is 0 Å². The summed E-state index contributed by atoms with van der Waals surface area (Å²) in [7, 11) is 0. The lowest BCUT2D eigenvalue weighted by Gasteiger charge is -2.23. The van der Waals surface area contributed by atoms with Gasteiger partial charge in [-0.15, -0.1) is 0 Å². The molecule has 0 spiro atoms. The summed E-state index contributed by atoms with van der Waals surface area (Å²) in [5.74, 6) is 0. The van der Waals surface area contributed by atoms with Gasteiger partial charge in [-0.2, -0.15) is 0 Å². The Hall–Kier alpha value is -0.0800. The van der Waals surface area contributed by atoms with Crippen LogP contribution < -0.4 is 5.73 Å². The molecule has 1 aliphatic rings. The third-order valence-electron chi connectivity index (χ3n) is 3.33. The van der Waals surface area contributed by atoms with Crippen molar-refractivity contribution in [2.45, 2.75) is 64.5 Å². The van der Waals surface area contributed by atoms with Crippen LogP contribution in [-0.2, 0) is 0 Å². The minimum Gasteiger partial charge on any atom is -0.328 e. The molecule has 1 rings (SSSR count). The highest BCUT2D eigenvalue weighted by Gasteiger charge is 2.21. The monoisotopic (exact) mass is 198 g/mol. The highest BCUT2D eigenvalue weighted by molar-refractivity contribution is 4.77. The highest BCUT2D eigenvalue weighted by Crippen LogP contribution is 2.20. The molecule has 1 aliphatic heterocycles. The van der Waals surface area contributed by atoms with Crippen LogP contribution in [0.3, 0.4) is 0 Å². The molecule has 2 atom stereocenters. The molecule has 0 radical (unpaired) electrons. The van der Waals surface area contributed by atoms with E-state index in [0.717, 1.165) is 6.04 Å². The fourth-order valence-electron chi connectivity index (χ4n) is 2.43. The van der Waals surface area contributed by atoms with Crippen molar-refractivity contribution in [3.63, 3.8) is 0 Å². The Morgan fingerprint density at radius 1 is 1.43 bits per heavy atom. The van der Waals surface area contributed by atoms with Crippen LogP contribution in [0.4, 0.5) is 0 Å². The van der Waals surface area contributed by atoms with Crippen molar-refractivity contribution in [3.05, 3.63) is 0 Å². The maximum absolute atomic E-state index is 5.73. The van der Waals surface area contributed by atoms with Crippen molar-refractivity contribution in [2.24, 2.45) is 5.73 Å². The standard InChI is InChI=1S/C12H26N2/c1-3-12-8-6-10-14(12)9-5-4-7-11(2)13/h11-12H,3-10,13H2,1-2H3. The van der Waals surface area contributed by atoms with Crippen molar-refractivity contribution in [1.82, 2.24) is 4.90 Å². The van der Waals surface area contributed by atoms with Crippen LogP contribution in [0.2, 0.25) is 0 Å². The summed E-state index contributed by atoms with van der Waals surface area (Å²) in [5.41, 5.74) is 5.73. The third-order valence-corrected chi connectivity index (χ3v) is 3.33. The molecule has 2 unspecified atom stereocenters. The zero-order valence-electron chi connectivity index (χ0n) is 9.84. The van der Waals surface area contributed by atoms with E-state index in [9.17, 15) is 0 Å². The molecular formula is C12H26N2. The van der Waals surface area contributed by atoms with Gasteiger partial charge in [0.25, 0.3) is 0 Å². The Bertz CT molecular complexity index is 145. The van der Waals surface area contributed by atoms with Crippen LogP contribution >= 0.6 is 0 Å². The second kappa shape index (κ2) is 6.41. The summed E-state index contributed by atoms with van der Waals surface area (Å²) in [5, 5.41) is 0. The average Bonchev–Trinajstić information content (AvgIpc) is 2.59. The van der Waals surface area contributed by atoms with Crippen molar-refractivity contribution in [1.29, 1.82) is 0 Å². The number of unbranched alkanes of at least 4 members (excludes halogenated alkanes) is 1. The molecule has 1 heterocycles. The van der Waals surface area contributed by atoms with Crippen LogP contribution in [-0.4, -0.2) is 30.1 Å². The first-order chi connectivity index (χ1) is 6.74. The van der Waals surface area contributed by atoms with Crippen LogP contribution in [0.5, 0.6) is 0 Å². The molecule has 2 N–H and O–H groups in total. The zero-order chi connectivity index (χ0) is 10.4. The van der Waals surface area contributed by atoms with Gasteiger partial charge in [-0.05, 0) is 52.1 Å². The average molecular weight is 198 g/mol. The summed E-state index contributed by atoms with van der Waals surface area (Å²) >= 11 is 0. The topological polar surface area (TPSA) is 29.3 Å². The van der Waals surface area contributed by atoms with Gasteiger partial charge in [-0.1, -0.05) is 13.3 Å². The molecule has 0 aromatic heterocycles. The van der Waals surface area contributed by atoms with E-state index in [2.05, 4.69) is 18.7 Å². The highest BCUT2D eigenvalue weighted by atomic mass is 15.2. The summed E-state index contributed by atoms with van der Waals surface area (Å²) in [6.45, 7) is 7.04. The van der Waals surface area contributed by atoms with Gasteiger partial charge in [0.05, 0.1) is 0 Å². The van der Waals surface area contributed by atoms with Gasteiger partial charge in [-0.25, -0.2) is 0 Å². The van der Waals surface area contributed by atoms with Crippen LogP contribution in [0, 0.1) is 0 Å². The van der Waals surface area contributed by atoms with Crippen molar-refractivity contribution in [2.75, 3.05) is 13.1 Å². The molecule has 14 heavy (non-hydrogen) atoms. The van der Waals surface area contributed by atoms with Crippen molar-refractivity contribution in [3.8, 4) is 0 Å². The number of nitrogens with two attached hydrogens (primary N) is 1. The van der Waals surface area contributed by atoms with Gasteiger partial charge < -0.3 is 10.6 Å². The van der Waals surface area contributed by atoms with E-state index in [1.807, 2.05) is 0 Å². The summed E-state index contributed by atoms with van der Waals surface area (Å²) in [6.07, 6.45) is 7.97. The Morgan fingerprint density at radius 2 is 2.21 bits per heavy atom. The Morgan fingerprint density at radius 3 is 2.86 bits per heavy atom. The summed E-state index contributed by atoms with van der Waals surface area (Å²) in [6, 6.07) is 1.26. The predicted molar refractivity (Wildman–Crippen MR) is 62.4 cm³/mol. The van der Waals surface area contributed by atoms with E-state index in [0.29, 0.717) is 6.04 Å². The number of hydrogen-bond acceptors (Lipinski definition) is 2. The maximum Gasteiger partial charge on any atom is 0.00931 e. The van der Waals surface area contributed by atoms with Crippen molar-refractivity contribution >= 4 is 0 Å². The second-order valence-corrected chi connectivity index (χ2v) is 4.71. The van der Waals surface area contributed by atoms with Gasteiger partial charge in [0.1, 0.15) is 0 Å². The number of hydrogen-bond donors (Lipinski definition) is 1. The molecule has 84 valence electrons. The smallest absolute Gasteiger partial charge is 0.00931 e. The summed E-state index contributed by atoms with van der Waals surface area (Å²) in [4.78, 5) is 2.67. The molecule has 1 saturated heterocycles. The van der Waals surface area contributed by atoms with Crippen LogP contribution in [0.15, 0.2) is 0 Å². The Balaban J connectivity index is 2.05. The Kier molecular flexibility index (Phi) is 5.49. The SMILES string of the molecule is CCC1CCCN1CCCCC(C)N. The number of rotatable bonds is 6. The van der Waals surface area contributed by atoms with E-state index in [-0.39, 0.29) is 0 Å². The number of likely N-dealkylation sites (tertiary alicyclic amines) is 1.